The molecule has 19 heavy (non-hydrogen) atoms. The Labute approximate surface area is 120 Å². The minimum atomic E-state index is -1.30. The van der Waals surface area contributed by atoms with Crippen LogP contribution >= 0.6 is 0 Å². The lowest BCUT2D eigenvalue weighted by Gasteiger charge is -2.28. The highest BCUT2D eigenvalue weighted by molar-refractivity contribution is 6.36. The average molecular weight is 273 g/mol. The Hall–Kier alpha value is -0.0551. The lowest BCUT2D eigenvalue weighted by atomic mass is 10.2. The lowest BCUT2D eigenvalue weighted by Crippen LogP contribution is -2.28. The molecule has 0 saturated heterocycles. The molecule has 4 heteroatoms. The Kier molecular flexibility index (Phi) is 16.0. The van der Waals surface area contributed by atoms with E-state index in [9.17, 15) is 0 Å². The van der Waals surface area contributed by atoms with Crippen LogP contribution in [0.4, 0.5) is 0 Å². The van der Waals surface area contributed by atoms with Gasteiger partial charge in [0.15, 0.2) is 0 Å². The summed E-state index contributed by atoms with van der Waals surface area (Å²) < 4.78 is 17.2. The van der Waals surface area contributed by atoms with Gasteiger partial charge in [-0.05, 0) is 19.3 Å². The highest BCUT2D eigenvalue weighted by atomic mass is 16.7. The van der Waals surface area contributed by atoms with Gasteiger partial charge < -0.3 is 14.0 Å². The van der Waals surface area contributed by atoms with Gasteiger partial charge in [0.1, 0.15) is 0 Å². The third kappa shape index (κ3) is 14.2. The third-order valence-electron chi connectivity index (χ3n) is 3.18. The van der Waals surface area contributed by atoms with E-state index in [1.165, 1.54) is 38.5 Å². The van der Waals surface area contributed by atoms with Crippen molar-refractivity contribution in [3.63, 3.8) is 0 Å². The quantitative estimate of drug-likeness (QED) is 0.328. The standard InChI is InChI=1S/C15H34BO3/c1-4-7-10-13-17-16(18-14-11-8-5-2)19-15-12-9-6-3/h16H,4-15H2,1-3H3/q-1. The second-order valence-corrected chi connectivity index (χ2v) is 5.20. The first-order valence-electron chi connectivity index (χ1n) is 8.35. The molecule has 0 heterocycles. The van der Waals surface area contributed by atoms with E-state index < -0.39 is 7.32 Å². The molecule has 0 aromatic rings. The van der Waals surface area contributed by atoms with Crippen molar-refractivity contribution in [2.45, 2.75) is 78.6 Å². The largest absolute Gasteiger partial charge is 0.547 e. The van der Waals surface area contributed by atoms with E-state index in [-0.39, 0.29) is 0 Å². The molecule has 0 saturated carbocycles. The monoisotopic (exact) mass is 273 g/mol. The second-order valence-electron chi connectivity index (χ2n) is 5.20. The van der Waals surface area contributed by atoms with Crippen molar-refractivity contribution in [1.82, 2.24) is 0 Å². The summed E-state index contributed by atoms with van der Waals surface area (Å²) in [6.07, 6.45) is 10.6. The lowest BCUT2D eigenvalue weighted by molar-refractivity contribution is 0.0889. The van der Waals surface area contributed by atoms with E-state index in [0.717, 1.165) is 39.1 Å². The van der Waals surface area contributed by atoms with Crippen molar-refractivity contribution in [3.8, 4) is 0 Å². The maximum absolute atomic E-state index is 5.74. The van der Waals surface area contributed by atoms with Gasteiger partial charge in [0, 0.05) is 19.8 Å². The summed E-state index contributed by atoms with van der Waals surface area (Å²) in [5.74, 6) is 0. The molecule has 0 amide bonds. The smallest absolute Gasteiger partial charge is 0.364 e. The zero-order valence-electron chi connectivity index (χ0n) is 13.4. The Morgan fingerprint density at radius 3 is 1.11 bits per heavy atom. The van der Waals surface area contributed by atoms with Gasteiger partial charge in [-0.1, -0.05) is 59.3 Å². The van der Waals surface area contributed by atoms with Crippen molar-refractivity contribution in [2.24, 2.45) is 0 Å². The summed E-state index contributed by atoms with van der Waals surface area (Å²) >= 11 is 0. The van der Waals surface area contributed by atoms with Crippen LogP contribution in [0, 0.1) is 0 Å². The minimum Gasteiger partial charge on any atom is -0.547 e. The fourth-order valence-electron chi connectivity index (χ4n) is 1.89. The Morgan fingerprint density at radius 2 is 0.842 bits per heavy atom. The molecule has 0 N–H and O–H groups in total. The van der Waals surface area contributed by atoms with Crippen LogP contribution in [0.5, 0.6) is 0 Å². The van der Waals surface area contributed by atoms with E-state index in [1.807, 2.05) is 0 Å². The Balaban J connectivity index is 3.66. The van der Waals surface area contributed by atoms with Gasteiger partial charge in [-0.2, -0.15) is 0 Å². The molecule has 0 aliphatic carbocycles. The predicted molar refractivity (Wildman–Crippen MR) is 83.6 cm³/mol. The van der Waals surface area contributed by atoms with Crippen molar-refractivity contribution in [2.75, 3.05) is 19.8 Å². The molecular weight excluding hydrogens is 239 g/mol. The van der Waals surface area contributed by atoms with Gasteiger partial charge in [0.2, 0.25) is 0 Å². The van der Waals surface area contributed by atoms with Crippen molar-refractivity contribution in [1.29, 1.82) is 0 Å². The normalized spacial score (nSPS) is 11.4. The highest BCUT2D eigenvalue weighted by Crippen LogP contribution is 2.03. The maximum atomic E-state index is 5.74. The highest BCUT2D eigenvalue weighted by Gasteiger charge is 2.04. The third-order valence-corrected chi connectivity index (χ3v) is 3.18. The van der Waals surface area contributed by atoms with Crippen LogP contribution in [0.3, 0.4) is 0 Å². The summed E-state index contributed by atoms with van der Waals surface area (Å²) in [5.41, 5.74) is 0. The van der Waals surface area contributed by atoms with Crippen molar-refractivity contribution in [3.05, 3.63) is 0 Å². The molecule has 0 fully saturated rings. The molecule has 0 unspecified atom stereocenters. The molecule has 0 aromatic carbocycles. The number of hydrogen-bond donors (Lipinski definition) is 0. The molecule has 116 valence electrons. The number of unbranched alkanes of at least 4 members (excludes halogenated alkanes) is 6. The first-order valence-corrected chi connectivity index (χ1v) is 8.35. The van der Waals surface area contributed by atoms with Crippen LogP contribution in [0.15, 0.2) is 0 Å². The summed E-state index contributed by atoms with van der Waals surface area (Å²) in [6.45, 7) is 8.92. The molecule has 3 nitrogen and oxygen atoms in total. The molecule has 0 aromatic heterocycles. The van der Waals surface area contributed by atoms with Crippen molar-refractivity contribution < 1.29 is 14.0 Å². The van der Waals surface area contributed by atoms with Gasteiger partial charge in [0.25, 0.3) is 0 Å². The van der Waals surface area contributed by atoms with Crippen LogP contribution in [-0.2, 0) is 14.0 Å². The van der Waals surface area contributed by atoms with Crippen LogP contribution in [0.2, 0.25) is 0 Å². The molecular formula is C15H34BO3-. The fraction of sp³-hybridized carbons (Fsp3) is 1.00. The summed E-state index contributed by atoms with van der Waals surface area (Å²) in [4.78, 5) is 0. The summed E-state index contributed by atoms with van der Waals surface area (Å²) in [5, 5.41) is 0. The molecule has 0 aliphatic heterocycles. The minimum absolute atomic E-state index is 0.773. The number of hydrogen-bond acceptors (Lipinski definition) is 3. The molecule has 0 aliphatic rings. The van der Waals surface area contributed by atoms with Crippen LogP contribution < -0.4 is 0 Å². The zero-order chi connectivity index (χ0) is 14.2. The van der Waals surface area contributed by atoms with Gasteiger partial charge in [-0.3, -0.25) is 0 Å². The summed E-state index contributed by atoms with van der Waals surface area (Å²) in [7, 11) is -1.30. The number of rotatable bonds is 15. The second kappa shape index (κ2) is 16.0. The molecule has 0 atom stereocenters. The summed E-state index contributed by atoms with van der Waals surface area (Å²) in [6, 6.07) is 0. The van der Waals surface area contributed by atoms with Crippen LogP contribution in [-0.4, -0.2) is 27.1 Å². The van der Waals surface area contributed by atoms with Crippen molar-refractivity contribution >= 4 is 7.32 Å². The van der Waals surface area contributed by atoms with Crippen LogP contribution in [0.1, 0.15) is 78.6 Å². The average Bonchev–Trinajstić information content (AvgIpc) is 2.43. The molecule has 0 bridgehead atoms. The topological polar surface area (TPSA) is 27.7 Å². The van der Waals surface area contributed by atoms with Gasteiger partial charge in [-0.25, -0.2) is 0 Å². The first kappa shape index (κ1) is 18.9. The van der Waals surface area contributed by atoms with E-state index in [4.69, 9.17) is 14.0 Å². The van der Waals surface area contributed by atoms with Gasteiger partial charge >= 0.3 is 7.32 Å². The van der Waals surface area contributed by atoms with Gasteiger partial charge in [0.05, 0.1) is 0 Å². The van der Waals surface area contributed by atoms with E-state index in [1.54, 1.807) is 0 Å². The van der Waals surface area contributed by atoms with E-state index in [0.29, 0.717) is 0 Å². The molecule has 0 radical (unpaired) electrons. The Morgan fingerprint density at radius 1 is 0.526 bits per heavy atom. The SMILES string of the molecule is CCCCCO[BH-](OCCCCC)OCCCCC. The first-order chi connectivity index (χ1) is 9.35. The zero-order valence-corrected chi connectivity index (χ0v) is 13.4. The maximum Gasteiger partial charge on any atom is 0.364 e. The van der Waals surface area contributed by atoms with Gasteiger partial charge in [-0.15, -0.1) is 0 Å². The Bertz CT molecular complexity index is 139. The predicted octanol–water partition coefficient (Wildman–Crippen LogP) is 4.32. The van der Waals surface area contributed by atoms with E-state index >= 15 is 0 Å². The molecule has 0 spiro atoms. The van der Waals surface area contributed by atoms with E-state index in [2.05, 4.69) is 20.8 Å². The molecule has 0 rings (SSSR count). The van der Waals surface area contributed by atoms with Crippen LogP contribution in [0.25, 0.3) is 0 Å². The fourth-order valence-corrected chi connectivity index (χ4v) is 1.89.